The molecule has 3 rings (SSSR count). The van der Waals surface area contributed by atoms with Gasteiger partial charge in [0, 0.05) is 19.6 Å². The number of carbonyl (C=O) groups is 1. The third-order valence-corrected chi connectivity index (χ3v) is 7.12. The van der Waals surface area contributed by atoms with Gasteiger partial charge in [0.25, 0.3) is 0 Å². The minimum atomic E-state index is -3.80. The molecule has 0 bridgehead atoms. The number of ether oxygens (including phenoxy) is 1. The summed E-state index contributed by atoms with van der Waals surface area (Å²) in [4.78, 5) is 14.8. The molecule has 1 saturated heterocycles. The van der Waals surface area contributed by atoms with Gasteiger partial charge in [-0.25, -0.2) is 8.42 Å². The lowest BCUT2D eigenvalue weighted by Crippen LogP contribution is -2.47. The second-order valence-electron chi connectivity index (χ2n) is 7.34. The van der Waals surface area contributed by atoms with Crippen molar-refractivity contribution in [3.8, 4) is 0 Å². The van der Waals surface area contributed by atoms with Crippen LogP contribution in [-0.2, 0) is 26.0 Å². The van der Waals surface area contributed by atoms with Gasteiger partial charge in [-0.15, -0.1) is 0 Å². The third-order valence-electron chi connectivity index (χ3n) is 5.13. The van der Waals surface area contributed by atoms with Gasteiger partial charge in [-0.2, -0.15) is 4.31 Å². The van der Waals surface area contributed by atoms with Crippen LogP contribution in [0.15, 0.2) is 53.4 Å². The molecule has 1 aliphatic rings. The van der Waals surface area contributed by atoms with Crippen molar-refractivity contribution in [3.05, 3.63) is 65.2 Å². The summed E-state index contributed by atoms with van der Waals surface area (Å²) in [6, 6.07) is 15.1. The Morgan fingerprint density at radius 1 is 1.07 bits per heavy atom. The van der Waals surface area contributed by atoms with Crippen LogP contribution in [0.5, 0.6) is 0 Å². The summed E-state index contributed by atoms with van der Waals surface area (Å²) in [5.74, 6) is -0.185. The van der Waals surface area contributed by atoms with Crippen molar-refractivity contribution in [2.45, 2.75) is 25.2 Å². The lowest BCUT2D eigenvalue weighted by Gasteiger charge is -2.30. The summed E-state index contributed by atoms with van der Waals surface area (Å²) in [7, 11) is -3.80. The first-order valence-corrected chi connectivity index (χ1v) is 11.3. The second-order valence-corrected chi connectivity index (χ2v) is 9.24. The van der Waals surface area contributed by atoms with Crippen LogP contribution in [0.25, 0.3) is 0 Å². The second kappa shape index (κ2) is 9.52. The number of hydrogen-bond acceptors (Lipinski definition) is 4. The lowest BCUT2D eigenvalue weighted by molar-refractivity contribution is -0.135. The fourth-order valence-corrected chi connectivity index (χ4v) is 5.07. The quantitative estimate of drug-likeness (QED) is 0.695. The van der Waals surface area contributed by atoms with Gasteiger partial charge in [0.2, 0.25) is 15.9 Å². The Morgan fingerprint density at radius 3 is 2.45 bits per heavy atom. The van der Waals surface area contributed by atoms with Gasteiger partial charge in [0.05, 0.1) is 24.7 Å². The van der Waals surface area contributed by atoms with Crippen LogP contribution >= 0.6 is 0 Å². The maximum atomic E-state index is 13.5. The van der Waals surface area contributed by atoms with Crippen LogP contribution in [0.1, 0.15) is 16.7 Å². The van der Waals surface area contributed by atoms with Crippen molar-refractivity contribution in [2.75, 3.05) is 39.4 Å². The molecule has 156 valence electrons. The monoisotopic (exact) mass is 416 g/mol. The summed E-state index contributed by atoms with van der Waals surface area (Å²) in [5, 5.41) is 0. The molecule has 6 nitrogen and oxygen atoms in total. The number of benzene rings is 2. The molecule has 1 fully saturated rings. The van der Waals surface area contributed by atoms with E-state index in [2.05, 4.69) is 0 Å². The first-order valence-electron chi connectivity index (χ1n) is 9.85. The molecule has 7 heteroatoms. The summed E-state index contributed by atoms with van der Waals surface area (Å²) >= 11 is 0. The van der Waals surface area contributed by atoms with Crippen molar-refractivity contribution < 1.29 is 17.9 Å². The molecule has 1 heterocycles. The molecule has 0 aromatic heterocycles. The van der Waals surface area contributed by atoms with E-state index in [0.717, 1.165) is 11.1 Å². The number of sulfonamides is 1. The highest BCUT2D eigenvalue weighted by atomic mass is 32.2. The number of carbonyl (C=O) groups excluding carboxylic acids is 1. The van der Waals surface area contributed by atoms with Crippen molar-refractivity contribution in [3.63, 3.8) is 0 Å². The number of hydrogen-bond donors (Lipinski definition) is 0. The van der Waals surface area contributed by atoms with Crippen LogP contribution in [-0.4, -0.2) is 62.9 Å². The van der Waals surface area contributed by atoms with Crippen molar-refractivity contribution in [1.82, 2.24) is 9.21 Å². The van der Waals surface area contributed by atoms with Crippen molar-refractivity contribution in [1.29, 1.82) is 0 Å². The first-order chi connectivity index (χ1) is 13.9. The van der Waals surface area contributed by atoms with Crippen LogP contribution in [0.2, 0.25) is 0 Å². The van der Waals surface area contributed by atoms with Gasteiger partial charge in [0.15, 0.2) is 0 Å². The topological polar surface area (TPSA) is 66.9 Å². The average molecular weight is 417 g/mol. The number of aryl methyl sites for hydroxylation is 2. The van der Waals surface area contributed by atoms with Crippen LogP contribution in [0.4, 0.5) is 0 Å². The molecule has 0 unspecified atom stereocenters. The molecule has 0 spiro atoms. The van der Waals surface area contributed by atoms with E-state index in [1.165, 1.54) is 4.31 Å². The van der Waals surface area contributed by atoms with E-state index < -0.39 is 10.0 Å². The minimum absolute atomic E-state index is 0.164. The zero-order valence-electron chi connectivity index (χ0n) is 17.0. The largest absolute Gasteiger partial charge is 0.378 e. The van der Waals surface area contributed by atoms with E-state index in [1.807, 2.05) is 43.3 Å². The highest BCUT2D eigenvalue weighted by molar-refractivity contribution is 7.89. The third kappa shape index (κ3) is 5.44. The molecular weight excluding hydrogens is 388 g/mol. The Balaban J connectivity index is 1.86. The Hall–Kier alpha value is -2.22. The minimum Gasteiger partial charge on any atom is -0.378 e. The smallest absolute Gasteiger partial charge is 0.243 e. The number of rotatable bonds is 7. The van der Waals surface area contributed by atoms with Crippen molar-refractivity contribution in [2.24, 2.45) is 0 Å². The summed E-state index contributed by atoms with van der Waals surface area (Å²) in [6.07, 6.45) is 0.543. The molecule has 1 aliphatic heterocycles. The molecule has 0 aliphatic carbocycles. The van der Waals surface area contributed by atoms with E-state index in [4.69, 9.17) is 4.74 Å². The van der Waals surface area contributed by atoms with E-state index in [9.17, 15) is 13.2 Å². The Bertz CT molecular complexity index is 939. The number of amides is 1. The fourth-order valence-electron chi connectivity index (χ4n) is 3.37. The Kier molecular flexibility index (Phi) is 7.05. The molecule has 29 heavy (non-hydrogen) atoms. The molecule has 0 radical (unpaired) electrons. The van der Waals surface area contributed by atoms with Gasteiger partial charge in [0.1, 0.15) is 0 Å². The van der Waals surface area contributed by atoms with Crippen LogP contribution < -0.4 is 0 Å². The maximum absolute atomic E-state index is 13.5. The van der Waals surface area contributed by atoms with Gasteiger partial charge in [-0.05, 0) is 43.0 Å². The van der Waals surface area contributed by atoms with E-state index in [1.54, 1.807) is 24.0 Å². The summed E-state index contributed by atoms with van der Waals surface area (Å²) in [5.41, 5.74) is 2.59. The highest BCUT2D eigenvalue weighted by Crippen LogP contribution is 2.22. The van der Waals surface area contributed by atoms with E-state index >= 15 is 0 Å². The average Bonchev–Trinajstić information content (AvgIpc) is 2.73. The zero-order valence-corrected chi connectivity index (χ0v) is 17.8. The van der Waals surface area contributed by atoms with Crippen LogP contribution in [0, 0.1) is 13.8 Å². The summed E-state index contributed by atoms with van der Waals surface area (Å²) < 4.78 is 33.6. The number of nitrogens with zero attached hydrogens (tertiary/aromatic N) is 2. The van der Waals surface area contributed by atoms with Crippen LogP contribution in [0.3, 0.4) is 0 Å². The van der Waals surface area contributed by atoms with E-state index in [0.29, 0.717) is 38.3 Å². The Morgan fingerprint density at radius 2 is 1.76 bits per heavy atom. The van der Waals surface area contributed by atoms with Gasteiger partial charge < -0.3 is 9.64 Å². The molecule has 0 saturated carbocycles. The fraction of sp³-hybridized carbons (Fsp3) is 0.409. The summed E-state index contributed by atoms with van der Waals surface area (Å²) in [6.45, 7) is 5.69. The molecular formula is C22H28N2O4S. The first kappa shape index (κ1) is 21.5. The SMILES string of the molecule is Cc1ccc(C)c(S(=O)(=O)N(CCc2ccccc2)CC(=O)N2CCOCC2)c1. The van der Waals surface area contributed by atoms with Gasteiger partial charge in [-0.1, -0.05) is 42.5 Å². The zero-order chi connectivity index (χ0) is 20.9. The normalized spacial score (nSPS) is 14.9. The lowest BCUT2D eigenvalue weighted by atomic mass is 10.1. The molecule has 2 aromatic rings. The molecule has 1 amide bonds. The standard InChI is InChI=1S/C22H28N2O4S/c1-18-8-9-19(2)21(16-18)29(26,27)24(11-10-20-6-4-3-5-7-20)17-22(25)23-12-14-28-15-13-23/h3-9,16H,10-15,17H2,1-2H3. The predicted octanol–water partition coefficient (Wildman–Crippen LogP) is 2.40. The Labute approximate surface area is 173 Å². The predicted molar refractivity (Wildman–Crippen MR) is 112 cm³/mol. The van der Waals surface area contributed by atoms with Gasteiger partial charge in [-0.3, -0.25) is 4.79 Å². The molecule has 0 N–H and O–H groups in total. The number of morpholine rings is 1. The molecule has 0 atom stereocenters. The highest BCUT2D eigenvalue weighted by Gasteiger charge is 2.30. The van der Waals surface area contributed by atoms with Gasteiger partial charge >= 0.3 is 0 Å². The molecule has 2 aromatic carbocycles. The van der Waals surface area contributed by atoms with E-state index in [-0.39, 0.29) is 23.9 Å². The van der Waals surface area contributed by atoms with Crippen molar-refractivity contribution >= 4 is 15.9 Å². The maximum Gasteiger partial charge on any atom is 0.243 e.